The molecule has 0 atom stereocenters. The maximum Gasteiger partial charge on any atom is 0.294 e. The molecule has 0 fully saturated rings. The van der Waals surface area contributed by atoms with Gasteiger partial charge in [-0.25, -0.2) is 4.98 Å². The van der Waals surface area contributed by atoms with E-state index >= 15 is 0 Å². The molecule has 2 aromatic carbocycles. The summed E-state index contributed by atoms with van der Waals surface area (Å²) in [6.07, 6.45) is 1.58. The number of nitrogens with one attached hydrogen (secondary N) is 2. The normalized spacial score (nSPS) is 11.4. The van der Waals surface area contributed by atoms with Gasteiger partial charge in [0.25, 0.3) is 5.69 Å². The van der Waals surface area contributed by atoms with Crippen LogP contribution in [0.2, 0.25) is 0 Å². The lowest BCUT2D eigenvalue weighted by molar-refractivity contribution is -0.384. The van der Waals surface area contributed by atoms with Crippen LogP contribution >= 0.6 is 7.14 Å². The molecule has 0 radical (unpaired) electrons. The Kier molecular flexibility index (Phi) is 7.86. The maximum absolute atomic E-state index is 12.6. The number of para-hydroxylation sites is 1. The Balaban J connectivity index is 1.82. The molecule has 0 saturated heterocycles. The molecular weight excluding hydrogens is 453 g/mol. The summed E-state index contributed by atoms with van der Waals surface area (Å²) in [7, 11) is 3.26. The Morgan fingerprint density at radius 3 is 2.44 bits per heavy atom. The smallest absolute Gasteiger partial charge is 0.294 e. The van der Waals surface area contributed by atoms with Gasteiger partial charge in [-0.2, -0.15) is 4.98 Å². The molecule has 0 aliphatic heterocycles. The number of nitro groups is 1. The van der Waals surface area contributed by atoms with Gasteiger partial charge >= 0.3 is 0 Å². The summed E-state index contributed by atoms with van der Waals surface area (Å²) in [4.78, 5) is 23.9. The molecule has 1 aromatic heterocycles. The van der Waals surface area contributed by atoms with Gasteiger partial charge in [-0.3, -0.25) is 10.1 Å². The minimum atomic E-state index is -2.49. The number of rotatable bonds is 10. The van der Waals surface area contributed by atoms with E-state index in [-0.39, 0.29) is 11.6 Å². The van der Waals surface area contributed by atoms with Crippen LogP contribution in [-0.4, -0.2) is 67.4 Å². The van der Waals surface area contributed by atoms with Gasteiger partial charge in [0, 0.05) is 43.4 Å². The molecule has 2 N–H and O–H groups in total. The SMILES string of the molecule is CN(C)CCN(C)c1ccc(Nc2nccc(Nc3ccccc3P(C)(C)=O)n2)cc1[N+](=O)[O-]. The highest BCUT2D eigenvalue weighted by Gasteiger charge is 2.19. The summed E-state index contributed by atoms with van der Waals surface area (Å²) in [5, 5.41) is 18.7. The molecular formula is C23H30N7O3P. The summed E-state index contributed by atoms with van der Waals surface area (Å²) in [5.41, 5.74) is 1.74. The van der Waals surface area contributed by atoms with Crippen molar-refractivity contribution in [3.8, 4) is 0 Å². The number of benzene rings is 2. The highest BCUT2D eigenvalue weighted by atomic mass is 31.2. The van der Waals surface area contributed by atoms with Crippen LogP contribution in [0.25, 0.3) is 0 Å². The second-order valence-corrected chi connectivity index (χ2v) is 11.8. The summed E-state index contributed by atoms with van der Waals surface area (Å²) >= 11 is 0. The zero-order valence-corrected chi connectivity index (χ0v) is 20.9. The summed E-state index contributed by atoms with van der Waals surface area (Å²) < 4.78 is 12.6. The standard InChI is InChI=1S/C23H30N7O3P/c1-28(2)14-15-29(3)19-11-10-17(16-20(19)30(31)32)25-23-24-13-12-22(27-23)26-18-8-6-7-9-21(18)34(4,5)33/h6-13,16H,14-15H2,1-5H3,(H2,24,25,26,27). The number of hydrogen-bond donors (Lipinski definition) is 2. The topological polar surface area (TPSA) is 117 Å². The van der Waals surface area contributed by atoms with Gasteiger partial charge in [0.2, 0.25) is 5.95 Å². The Hall–Kier alpha value is -3.49. The fourth-order valence-electron chi connectivity index (χ4n) is 3.35. The summed E-state index contributed by atoms with van der Waals surface area (Å²) in [5.74, 6) is 0.787. The molecule has 0 amide bonds. The van der Waals surface area contributed by atoms with Crippen LogP contribution in [0, 0.1) is 10.1 Å². The zero-order valence-electron chi connectivity index (χ0n) is 20.0. The first-order valence-corrected chi connectivity index (χ1v) is 13.3. The van der Waals surface area contributed by atoms with Crippen molar-refractivity contribution in [1.82, 2.24) is 14.9 Å². The highest BCUT2D eigenvalue weighted by molar-refractivity contribution is 7.70. The van der Waals surface area contributed by atoms with E-state index in [1.807, 2.05) is 55.2 Å². The minimum Gasteiger partial charge on any atom is -0.368 e. The van der Waals surface area contributed by atoms with E-state index in [1.165, 1.54) is 6.07 Å². The number of nitrogens with zero attached hydrogens (tertiary/aromatic N) is 5. The fourth-order valence-corrected chi connectivity index (χ4v) is 4.50. The first-order chi connectivity index (χ1) is 16.0. The number of aromatic nitrogens is 2. The summed E-state index contributed by atoms with van der Waals surface area (Å²) in [6.45, 7) is 4.86. The highest BCUT2D eigenvalue weighted by Crippen LogP contribution is 2.38. The van der Waals surface area contributed by atoms with Crippen LogP contribution in [0.15, 0.2) is 54.7 Å². The third kappa shape index (κ3) is 6.52. The lowest BCUT2D eigenvalue weighted by Gasteiger charge is -2.21. The van der Waals surface area contributed by atoms with Gasteiger partial charge in [-0.15, -0.1) is 0 Å². The predicted octanol–water partition coefficient (Wildman–Crippen LogP) is 4.12. The number of hydrogen-bond acceptors (Lipinski definition) is 9. The molecule has 10 nitrogen and oxygen atoms in total. The third-order valence-corrected chi connectivity index (χ3v) is 6.67. The van der Waals surface area contributed by atoms with Crippen molar-refractivity contribution in [3.05, 3.63) is 64.8 Å². The van der Waals surface area contributed by atoms with Crippen molar-refractivity contribution in [1.29, 1.82) is 0 Å². The first kappa shape index (κ1) is 25.1. The Morgan fingerprint density at radius 1 is 1.03 bits per heavy atom. The minimum absolute atomic E-state index is 0.00360. The van der Waals surface area contributed by atoms with E-state index in [1.54, 1.807) is 37.7 Å². The Labute approximate surface area is 199 Å². The van der Waals surface area contributed by atoms with E-state index in [0.717, 1.165) is 11.8 Å². The predicted molar refractivity (Wildman–Crippen MR) is 139 cm³/mol. The lowest BCUT2D eigenvalue weighted by Crippen LogP contribution is -2.28. The molecule has 0 aliphatic rings. The largest absolute Gasteiger partial charge is 0.368 e. The molecule has 0 bridgehead atoms. The van der Waals surface area contributed by atoms with Gasteiger partial charge < -0.3 is 25.0 Å². The van der Waals surface area contributed by atoms with Crippen molar-refractivity contribution in [3.63, 3.8) is 0 Å². The molecule has 0 spiro atoms. The van der Waals surface area contributed by atoms with Crippen molar-refractivity contribution in [2.45, 2.75) is 0 Å². The van der Waals surface area contributed by atoms with Crippen molar-refractivity contribution in [2.75, 3.05) is 63.1 Å². The molecule has 3 rings (SSSR count). The Morgan fingerprint density at radius 2 is 1.76 bits per heavy atom. The molecule has 11 heteroatoms. The second-order valence-electron chi connectivity index (χ2n) is 8.57. The lowest BCUT2D eigenvalue weighted by atomic mass is 10.2. The van der Waals surface area contributed by atoms with E-state index in [4.69, 9.17) is 0 Å². The monoisotopic (exact) mass is 483 g/mol. The van der Waals surface area contributed by atoms with E-state index in [0.29, 0.717) is 29.4 Å². The van der Waals surface area contributed by atoms with Crippen LogP contribution in [0.4, 0.5) is 34.5 Å². The van der Waals surface area contributed by atoms with E-state index in [2.05, 4.69) is 20.6 Å². The fraction of sp³-hybridized carbons (Fsp3) is 0.304. The zero-order chi connectivity index (χ0) is 24.9. The number of likely N-dealkylation sites (N-methyl/N-ethyl adjacent to an activating group) is 2. The van der Waals surface area contributed by atoms with Crippen molar-refractivity contribution >= 4 is 47.0 Å². The molecule has 34 heavy (non-hydrogen) atoms. The molecule has 0 unspecified atom stereocenters. The van der Waals surface area contributed by atoms with Crippen LogP contribution in [0.5, 0.6) is 0 Å². The summed E-state index contributed by atoms with van der Waals surface area (Å²) in [6, 6.07) is 14.0. The average Bonchev–Trinajstić information content (AvgIpc) is 2.77. The van der Waals surface area contributed by atoms with Crippen molar-refractivity contribution in [2.24, 2.45) is 0 Å². The van der Waals surface area contributed by atoms with Crippen LogP contribution in [-0.2, 0) is 4.57 Å². The molecule has 180 valence electrons. The molecule has 0 aliphatic carbocycles. The van der Waals surface area contributed by atoms with Crippen LogP contribution in [0.1, 0.15) is 0 Å². The molecule has 0 saturated carbocycles. The van der Waals surface area contributed by atoms with Gasteiger partial charge in [-0.05, 0) is 57.8 Å². The maximum atomic E-state index is 12.6. The Bertz CT molecular complexity index is 1210. The quantitative estimate of drug-likeness (QED) is 0.249. The second kappa shape index (κ2) is 10.6. The molecule has 3 aromatic rings. The van der Waals surface area contributed by atoms with Gasteiger partial charge in [0.15, 0.2) is 0 Å². The van der Waals surface area contributed by atoms with Gasteiger partial charge in [-0.1, -0.05) is 12.1 Å². The number of nitro benzene ring substituents is 1. The van der Waals surface area contributed by atoms with E-state index < -0.39 is 12.1 Å². The number of anilines is 5. The average molecular weight is 484 g/mol. The van der Waals surface area contributed by atoms with Gasteiger partial charge in [0.1, 0.15) is 18.6 Å². The van der Waals surface area contributed by atoms with Gasteiger partial charge in [0.05, 0.1) is 10.6 Å². The molecule has 1 heterocycles. The van der Waals surface area contributed by atoms with Crippen LogP contribution in [0.3, 0.4) is 0 Å². The third-order valence-electron chi connectivity index (χ3n) is 5.12. The van der Waals surface area contributed by atoms with Crippen LogP contribution < -0.4 is 20.8 Å². The van der Waals surface area contributed by atoms with Crippen molar-refractivity contribution < 1.29 is 9.49 Å². The van der Waals surface area contributed by atoms with E-state index in [9.17, 15) is 14.7 Å². The first-order valence-electron chi connectivity index (χ1n) is 10.7.